The summed E-state index contributed by atoms with van der Waals surface area (Å²) in [6.45, 7) is 2.21. The van der Waals surface area contributed by atoms with Gasteiger partial charge < -0.3 is 9.30 Å². The SMILES string of the molecule is COCCn1c(CN(C)Cc2ccc3nsnc3c2)cnc1S(=O)(=O)CC1CC1. The average Bonchev–Trinajstić information content (AvgIpc) is 3.19. The van der Waals surface area contributed by atoms with Crippen molar-refractivity contribution in [2.75, 3.05) is 26.5 Å². The van der Waals surface area contributed by atoms with Crippen molar-refractivity contribution < 1.29 is 13.2 Å². The Hall–Kier alpha value is -1.88. The maximum absolute atomic E-state index is 12.8. The molecule has 1 aromatic carbocycles. The van der Waals surface area contributed by atoms with E-state index in [-0.39, 0.29) is 16.8 Å². The van der Waals surface area contributed by atoms with Gasteiger partial charge in [-0.15, -0.1) is 0 Å². The predicted molar refractivity (Wildman–Crippen MR) is 111 cm³/mol. The van der Waals surface area contributed by atoms with Crippen molar-refractivity contribution in [1.82, 2.24) is 23.2 Å². The van der Waals surface area contributed by atoms with Crippen LogP contribution < -0.4 is 0 Å². The second kappa shape index (κ2) is 8.47. The average molecular weight is 436 g/mol. The number of hydrogen-bond donors (Lipinski definition) is 0. The first kappa shape index (κ1) is 20.4. The molecule has 4 rings (SSSR count). The number of imidazole rings is 1. The molecule has 1 aliphatic carbocycles. The van der Waals surface area contributed by atoms with E-state index in [4.69, 9.17) is 4.74 Å². The van der Waals surface area contributed by atoms with E-state index in [0.717, 1.165) is 35.1 Å². The predicted octanol–water partition coefficient (Wildman–Crippen LogP) is 2.35. The van der Waals surface area contributed by atoms with Crippen LogP contribution in [-0.4, -0.2) is 58.1 Å². The molecule has 0 aliphatic heterocycles. The number of fused-ring (bicyclic) bond motifs is 1. The van der Waals surface area contributed by atoms with Gasteiger partial charge in [-0.1, -0.05) is 6.07 Å². The highest BCUT2D eigenvalue weighted by Gasteiger charge is 2.32. The maximum Gasteiger partial charge on any atom is 0.227 e. The van der Waals surface area contributed by atoms with Crippen LogP contribution in [0.3, 0.4) is 0 Å². The van der Waals surface area contributed by atoms with Gasteiger partial charge in [-0.2, -0.15) is 8.75 Å². The van der Waals surface area contributed by atoms with E-state index in [1.54, 1.807) is 17.9 Å². The molecule has 1 aliphatic rings. The number of methoxy groups -OCH3 is 1. The minimum absolute atomic E-state index is 0.166. The van der Waals surface area contributed by atoms with Crippen LogP contribution in [0.15, 0.2) is 29.6 Å². The van der Waals surface area contributed by atoms with E-state index < -0.39 is 9.84 Å². The Morgan fingerprint density at radius 3 is 2.79 bits per heavy atom. The Morgan fingerprint density at radius 2 is 2.03 bits per heavy atom. The molecule has 3 aromatic rings. The molecule has 1 saturated carbocycles. The highest BCUT2D eigenvalue weighted by Crippen LogP contribution is 2.32. The molecule has 0 atom stereocenters. The first-order valence-corrected chi connectivity index (χ1v) is 12.0. The van der Waals surface area contributed by atoms with Crippen molar-refractivity contribution >= 4 is 32.6 Å². The first-order valence-electron chi connectivity index (χ1n) is 9.62. The van der Waals surface area contributed by atoms with Crippen molar-refractivity contribution in [3.05, 3.63) is 35.7 Å². The molecule has 0 spiro atoms. The summed E-state index contributed by atoms with van der Waals surface area (Å²) in [6.07, 6.45) is 3.67. The van der Waals surface area contributed by atoms with Gasteiger partial charge in [-0.05, 0) is 43.5 Å². The van der Waals surface area contributed by atoms with Gasteiger partial charge in [0.15, 0.2) is 0 Å². The van der Waals surface area contributed by atoms with Crippen molar-refractivity contribution in [3.8, 4) is 0 Å². The minimum Gasteiger partial charge on any atom is -0.383 e. The van der Waals surface area contributed by atoms with Crippen LogP contribution in [0, 0.1) is 5.92 Å². The Balaban J connectivity index is 1.51. The topological polar surface area (TPSA) is 90.2 Å². The normalized spacial score (nSPS) is 14.9. The molecule has 29 heavy (non-hydrogen) atoms. The van der Waals surface area contributed by atoms with Gasteiger partial charge in [0.1, 0.15) is 11.0 Å². The zero-order valence-corrected chi connectivity index (χ0v) is 18.2. The maximum atomic E-state index is 12.8. The van der Waals surface area contributed by atoms with E-state index >= 15 is 0 Å². The van der Waals surface area contributed by atoms with E-state index in [1.807, 2.05) is 25.2 Å². The summed E-state index contributed by atoms with van der Waals surface area (Å²) in [7, 11) is 0.239. The highest BCUT2D eigenvalue weighted by molar-refractivity contribution is 7.91. The van der Waals surface area contributed by atoms with E-state index in [9.17, 15) is 8.42 Å². The minimum atomic E-state index is -3.39. The number of ether oxygens (including phenoxy) is 1. The van der Waals surface area contributed by atoms with Gasteiger partial charge >= 0.3 is 0 Å². The van der Waals surface area contributed by atoms with Gasteiger partial charge in [-0.25, -0.2) is 13.4 Å². The van der Waals surface area contributed by atoms with Crippen LogP contribution in [0.25, 0.3) is 11.0 Å². The largest absolute Gasteiger partial charge is 0.383 e. The van der Waals surface area contributed by atoms with Crippen LogP contribution in [0.1, 0.15) is 24.1 Å². The Morgan fingerprint density at radius 1 is 1.24 bits per heavy atom. The van der Waals surface area contributed by atoms with Crippen LogP contribution >= 0.6 is 11.7 Å². The van der Waals surface area contributed by atoms with Crippen LogP contribution in [-0.2, 0) is 34.2 Å². The summed E-state index contributed by atoms with van der Waals surface area (Å²) < 4.78 is 41.1. The number of sulfone groups is 1. The number of hydrogen-bond acceptors (Lipinski definition) is 8. The summed E-state index contributed by atoms with van der Waals surface area (Å²) in [5, 5.41) is 0.166. The smallest absolute Gasteiger partial charge is 0.227 e. The van der Waals surface area contributed by atoms with Gasteiger partial charge in [0.05, 0.1) is 36.0 Å². The summed E-state index contributed by atoms with van der Waals surface area (Å²) >= 11 is 1.21. The first-order chi connectivity index (χ1) is 14.0. The Bertz CT molecular complexity index is 1090. The highest BCUT2D eigenvalue weighted by atomic mass is 32.2. The second-order valence-corrected chi connectivity index (χ2v) is 10.1. The summed E-state index contributed by atoms with van der Waals surface area (Å²) in [6, 6.07) is 6.07. The third kappa shape index (κ3) is 4.82. The lowest BCUT2D eigenvalue weighted by Gasteiger charge is -2.19. The fourth-order valence-electron chi connectivity index (χ4n) is 3.43. The fraction of sp³-hybridized carbons (Fsp3) is 0.526. The molecular weight excluding hydrogens is 410 g/mol. The molecule has 10 heteroatoms. The standard InChI is InChI=1S/C19H25N5O3S2/c1-23(11-15-5-6-17-18(9-15)22-28-21-17)12-16-10-20-19(24(16)7-8-27-2)29(25,26)13-14-3-4-14/h5-6,9-10,14H,3-4,7-8,11-13H2,1-2H3. The second-order valence-electron chi connectivity index (χ2n) is 7.66. The molecule has 0 bridgehead atoms. The van der Waals surface area contributed by atoms with Crippen LogP contribution in [0.2, 0.25) is 0 Å². The summed E-state index contributed by atoms with van der Waals surface area (Å²) in [5.41, 5.74) is 3.82. The third-order valence-corrected chi connectivity index (χ3v) is 7.40. The van der Waals surface area contributed by atoms with Gasteiger partial charge in [0.2, 0.25) is 15.0 Å². The lowest BCUT2D eigenvalue weighted by molar-refractivity contribution is 0.182. The Kier molecular flexibility index (Phi) is 5.95. The number of aromatic nitrogens is 4. The summed E-state index contributed by atoms with van der Waals surface area (Å²) in [5.74, 6) is 0.474. The van der Waals surface area contributed by atoms with Gasteiger partial charge in [-0.3, -0.25) is 4.90 Å². The zero-order valence-electron chi connectivity index (χ0n) is 16.6. The Labute approximate surface area is 174 Å². The molecule has 2 heterocycles. The molecule has 2 aromatic heterocycles. The van der Waals surface area contributed by atoms with Crippen molar-refractivity contribution in [2.45, 2.75) is 37.6 Å². The molecule has 0 amide bonds. The quantitative estimate of drug-likeness (QED) is 0.483. The van der Waals surface area contributed by atoms with E-state index in [2.05, 4.69) is 18.6 Å². The molecule has 0 radical (unpaired) electrons. The number of rotatable bonds is 10. The summed E-state index contributed by atoms with van der Waals surface area (Å²) in [4.78, 5) is 6.43. The number of nitrogens with zero attached hydrogens (tertiary/aromatic N) is 5. The molecular formula is C19H25N5O3S2. The fourth-order valence-corrected chi connectivity index (χ4v) is 5.81. The third-order valence-electron chi connectivity index (χ3n) is 5.05. The molecule has 0 unspecified atom stereocenters. The zero-order chi connectivity index (χ0) is 20.4. The molecule has 0 N–H and O–H groups in total. The van der Waals surface area contributed by atoms with Crippen molar-refractivity contribution in [3.63, 3.8) is 0 Å². The molecule has 0 saturated heterocycles. The molecule has 8 nitrogen and oxygen atoms in total. The van der Waals surface area contributed by atoms with Crippen LogP contribution in [0.4, 0.5) is 0 Å². The lowest BCUT2D eigenvalue weighted by atomic mass is 10.2. The van der Waals surface area contributed by atoms with Gasteiger partial charge in [0, 0.05) is 26.7 Å². The van der Waals surface area contributed by atoms with Crippen molar-refractivity contribution in [1.29, 1.82) is 0 Å². The van der Waals surface area contributed by atoms with Crippen molar-refractivity contribution in [2.24, 2.45) is 5.92 Å². The molecule has 156 valence electrons. The van der Waals surface area contributed by atoms with E-state index in [1.165, 1.54) is 11.7 Å². The lowest BCUT2D eigenvalue weighted by Crippen LogP contribution is -2.22. The van der Waals surface area contributed by atoms with Gasteiger partial charge in [0.25, 0.3) is 0 Å². The monoisotopic (exact) mass is 435 g/mol. The molecule has 1 fully saturated rings. The van der Waals surface area contributed by atoms with Crippen LogP contribution in [0.5, 0.6) is 0 Å². The van der Waals surface area contributed by atoms with E-state index in [0.29, 0.717) is 26.2 Å². The number of benzene rings is 1.